The first-order chi connectivity index (χ1) is 9.47. The highest BCUT2D eigenvalue weighted by Crippen LogP contribution is 2.21. The molecule has 114 valence electrons. The van der Waals surface area contributed by atoms with Gasteiger partial charge in [0.25, 0.3) is 5.76 Å². The Morgan fingerprint density at radius 2 is 2.05 bits per heavy atom. The summed E-state index contributed by atoms with van der Waals surface area (Å²) >= 11 is 0.524. The minimum atomic E-state index is -2.40. The number of carbonyl (C=O) groups is 1. The SMILES string of the molecule is CC(C)CNC(=O)CNCc1ccc(CSC(F)F)o1. The van der Waals surface area contributed by atoms with E-state index in [9.17, 15) is 13.6 Å². The molecule has 0 fully saturated rings. The van der Waals surface area contributed by atoms with Crippen LogP contribution >= 0.6 is 11.8 Å². The maximum absolute atomic E-state index is 12.0. The molecule has 1 aromatic heterocycles. The first kappa shape index (κ1) is 17.0. The summed E-state index contributed by atoms with van der Waals surface area (Å²) in [6.07, 6.45) is 0. The molecule has 0 unspecified atom stereocenters. The summed E-state index contributed by atoms with van der Waals surface area (Å²) in [4.78, 5) is 11.4. The van der Waals surface area contributed by atoms with Crippen LogP contribution in [0.25, 0.3) is 0 Å². The molecule has 1 amide bonds. The zero-order chi connectivity index (χ0) is 15.0. The predicted octanol–water partition coefficient (Wildman–Crippen LogP) is 2.60. The van der Waals surface area contributed by atoms with E-state index in [4.69, 9.17) is 4.42 Å². The first-order valence-corrected chi connectivity index (χ1v) is 7.47. The summed E-state index contributed by atoms with van der Waals surface area (Å²) in [5.41, 5.74) is 0. The normalized spacial score (nSPS) is 11.3. The van der Waals surface area contributed by atoms with Gasteiger partial charge in [-0.3, -0.25) is 4.79 Å². The van der Waals surface area contributed by atoms with Crippen LogP contribution in [0, 0.1) is 5.92 Å². The second kappa shape index (κ2) is 8.97. The van der Waals surface area contributed by atoms with Gasteiger partial charge < -0.3 is 15.1 Å². The van der Waals surface area contributed by atoms with E-state index >= 15 is 0 Å². The molecule has 0 radical (unpaired) electrons. The molecule has 2 N–H and O–H groups in total. The third kappa shape index (κ3) is 7.49. The Kier molecular flexibility index (Phi) is 7.61. The van der Waals surface area contributed by atoms with Crippen molar-refractivity contribution in [2.75, 3.05) is 13.1 Å². The molecule has 0 aromatic carbocycles. The van der Waals surface area contributed by atoms with Crippen LogP contribution in [0.3, 0.4) is 0 Å². The van der Waals surface area contributed by atoms with Crippen LogP contribution in [0.4, 0.5) is 8.78 Å². The molecule has 0 saturated carbocycles. The van der Waals surface area contributed by atoms with Crippen LogP contribution in [-0.4, -0.2) is 24.8 Å². The number of thioether (sulfide) groups is 1. The molecule has 0 aliphatic rings. The Morgan fingerprint density at radius 3 is 2.70 bits per heavy atom. The fourth-order valence-corrected chi connectivity index (χ4v) is 1.87. The van der Waals surface area contributed by atoms with E-state index in [0.717, 1.165) is 0 Å². The lowest BCUT2D eigenvalue weighted by Gasteiger charge is -2.07. The quantitative estimate of drug-likeness (QED) is 0.736. The van der Waals surface area contributed by atoms with Crippen molar-refractivity contribution >= 4 is 17.7 Å². The second-order valence-electron chi connectivity index (χ2n) is 4.74. The predicted molar refractivity (Wildman–Crippen MR) is 75.6 cm³/mol. The van der Waals surface area contributed by atoms with Gasteiger partial charge in [0.05, 0.1) is 18.8 Å². The number of carbonyl (C=O) groups excluding carboxylic acids is 1. The molecule has 1 rings (SSSR count). The lowest BCUT2D eigenvalue weighted by atomic mass is 10.2. The third-order valence-corrected chi connectivity index (χ3v) is 3.06. The number of halogens is 2. The van der Waals surface area contributed by atoms with Crippen LogP contribution in [-0.2, 0) is 17.1 Å². The number of rotatable bonds is 9. The molecule has 0 spiro atoms. The maximum Gasteiger partial charge on any atom is 0.284 e. The molecule has 1 heterocycles. The van der Waals surface area contributed by atoms with Gasteiger partial charge >= 0.3 is 0 Å². The van der Waals surface area contributed by atoms with Crippen LogP contribution in [0.15, 0.2) is 16.5 Å². The molecule has 0 aliphatic heterocycles. The summed E-state index contributed by atoms with van der Waals surface area (Å²) in [7, 11) is 0. The van der Waals surface area contributed by atoms with Gasteiger partial charge in [-0.1, -0.05) is 25.6 Å². The largest absolute Gasteiger partial charge is 0.464 e. The van der Waals surface area contributed by atoms with Gasteiger partial charge in [-0.2, -0.15) is 8.78 Å². The van der Waals surface area contributed by atoms with Crippen molar-refractivity contribution in [2.45, 2.75) is 31.9 Å². The van der Waals surface area contributed by atoms with Crippen molar-refractivity contribution in [1.82, 2.24) is 10.6 Å². The van der Waals surface area contributed by atoms with Gasteiger partial charge in [0.15, 0.2) is 0 Å². The van der Waals surface area contributed by atoms with Gasteiger partial charge in [-0.05, 0) is 18.1 Å². The Labute approximate surface area is 121 Å². The van der Waals surface area contributed by atoms with Crippen molar-refractivity contribution in [3.05, 3.63) is 23.7 Å². The Hall–Kier alpha value is -1.08. The maximum atomic E-state index is 12.0. The summed E-state index contributed by atoms with van der Waals surface area (Å²) in [6, 6.07) is 3.39. The van der Waals surface area contributed by atoms with Crippen molar-refractivity contribution in [3.8, 4) is 0 Å². The molecule has 1 aromatic rings. The average molecular weight is 306 g/mol. The van der Waals surface area contributed by atoms with Crippen molar-refractivity contribution < 1.29 is 18.0 Å². The highest BCUT2D eigenvalue weighted by atomic mass is 32.2. The zero-order valence-electron chi connectivity index (χ0n) is 11.6. The Bertz CT molecular complexity index is 411. The highest BCUT2D eigenvalue weighted by molar-refractivity contribution is 7.98. The Balaban J connectivity index is 2.20. The molecule has 4 nitrogen and oxygen atoms in total. The summed E-state index contributed by atoms with van der Waals surface area (Å²) in [6.45, 7) is 5.30. The fourth-order valence-electron chi connectivity index (χ4n) is 1.42. The second-order valence-corrected chi connectivity index (χ2v) is 5.72. The van der Waals surface area contributed by atoms with Crippen LogP contribution < -0.4 is 10.6 Å². The lowest BCUT2D eigenvalue weighted by Crippen LogP contribution is -2.35. The standard InChI is InChI=1S/C13H20F2N2O2S/c1-9(2)5-17-12(18)7-16-6-10-3-4-11(19-10)8-20-13(14)15/h3-4,9,13,16H,5-8H2,1-2H3,(H,17,18). The molecule has 0 aliphatic carbocycles. The average Bonchev–Trinajstić information content (AvgIpc) is 2.82. The van der Waals surface area contributed by atoms with Gasteiger partial charge in [0, 0.05) is 6.54 Å². The number of alkyl halides is 2. The number of amides is 1. The number of hydrogen-bond donors (Lipinski definition) is 2. The van der Waals surface area contributed by atoms with E-state index in [1.165, 1.54) is 0 Å². The van der Waals surface area contributed by atoms with E-state index < -0.39 is 5.76 Å². The van der Waals surface area contributed by atoms with Gasteiger partial charge in [-0.15, -0.1) is 0 Å². The van der Waals surface area contributed by atoms with Gasteiger partial charge in [-0.25, -0.2) is 0 Å². The van der Waals surface area contributed by atoms with Crippen LogP contribution in [0.1, 0.15) is 25.4 Å². The molecule has 20 heavy (non-hydrogen) atoms. The summed E-state index contributed by atoms with van der Waals surface area (Å²) in [5, 5.41) is 5.73. The van der Waals surface area contributed by atoms with E-state index in [1.54, 1.807) is 12.1 Å². The lowest BCUT2D eigenvalue weighted by molar-refractivity contribution is -0.120. The molecule has 0 atom stereocenters. The number of hydrogen-bond acceptors (Lipinski definition) is 4. The van der Waals surface area contributed by atoms with Crippen LogP contribution in [0.2, 0.25) is 0 Å². The van der Waals surface area contributed by atoms with Crippen molar-refractivity contribution in [1.29, 1.82) is 0 Å². The monoisotopic (exact) mass is 306 g/mol. The molecular weight excluding hydrogens is 286 g/mol. The molecule has 0 saturated heterocycles. The summed E-state index contributed by atoms with van der Waals surface area (Å²) < 4.78 is 29.4. The van der Waals surface area contributed by atoms with E-state index in [0.29, 0.717) is 42.3 Å². The minimum Gasteiger partial charge on any atom is -0.464 e. The first-order valence-electron chi connectivity index (χ1n) is 6.42. The Morgan fingerprint density at radius 1 is 1.35 bits per heavy atom. The minimum absolute atomic E-state index is 0.0706. The van der Waals surface area contributed by atoms with Crippen LogP contribution in [0.5, 0.6) is 0 Å². The topological polar surface area (TPSA) is 54.3 Å². The smallest absolute Gasteiger partial charge is 0.284 e. The molecule has 7 heteroatoms. The highest BCUT2D eigenvalue weighted by Gasteiger charge is 2.08. The van der Waals surface area contributed by atoms with Gasteiger partial charge in [0.1, 0.15) is 11.5 Å². The number of furan rings is 1. The van der Waals surface area contributed by atoms with E-state index in [1.807, 2.05) is 13.8 Å². The molecular formula is C13H20F2N2O2S. The van der Waals surface area contributed by atoms with E-state index in [2.05, 4.69) is 10.6 Å². The number of nitrogens with one attached hydrogen (secondary N) is 2. The van der Waals surface area contributed by atoms with Gasteiger partial charge in [0.2, 0.25) is 5.91 Å². The van der Waals surface area contributed by atoms with Crippen molar-refractivity contribution in [2.24, 2.45) is 5.92 Å². The van der Waals surface area contributed by atoms with E-state index in [-0.39, 0.29) is 18.2 Å². The summed E-state index contributed by atoms with van der Waals surface area (Å²) in [5.74, 6) is -0.765. The zero-order valence-corrected chi connectivity index (χ0v) is 12.4. The fraction of sp³-hybridized carbons (Fsp3) is 0.615. The van der Waals surface area contributed by atoms with Crippen molar-refractivity contribution in [3.63, 3.8) is 0 Å². The third-order valence-electron chi connectivity index (χ3n) is 2.36. The molecule has 0 bridgehead atoms.